The van der Waals surface area contributed by atoms with Gasteiger partial charge in [0.05, 0.1) is 5.92 Å². The number of hydrogen-bond acceptors (Lipinski definition) is 2. The average Bonchev–Trinajstić information content (AvgIpc) is 1.99. The van der Waals surface area contributed by atoms with Crippen molar-refractivity contribution in [3.05, 3.63) is 12.7 Å². The van der Waals surface area contributed by atoms with Crippen LogP contribution in [0.1, 0.15) is 13.8 Å². The molecule has 1 aliphatic rings. The fraction of sp³-hybridized carbons (Fsp3) is 0.500. The van der Waals surface area contributed by atoms with E-state index in [9.17, 15) is 4.79 Å². The Morgan fingerprint density at radius 2 is 2.27 bits per heavy atom. The molecule has 1 aliphatic heterocycles. The van der Waals surface area contributed by atoms with Gasteiger partial charge in [-0.15, -0.1) is 0 Å². The van der Waals surface area contributed by atoms with Gasteiger partial charge in [0.2, 0.25) is 5.90 Å². The third-order valence-corrected chi connectivity index (χ3v) is 1.80. The number of carbonyl (C=O) groups is 1. The predicted molar refractivity (Wildman–Crippen MR) is 42.4 cm³/mol. The highest BCUT2D eigenvalue weighted by atomic mass is 16.5. The maximum Gasteiger partial charge on any atom is 0.255 e. The van der Waals surface area contributed by atoms with Crippen molar-refractivity contribution in [1.29, 1.82) is 0 Å². The lowest BCUT2D eigenvalue weighted by atomic mass is 10.1. The van der Waals surface area contributed by atoms with E-state index in [-0.39, 0.29) is 17.9 Å². The van der Waals surface area contributed by atoms with Crippen LogP contribution in [0.25, 0.3) is 0 Å². The minimum Gasteiger partial charge on any atom is -0.474 e. The number of hydrogen-bond donors (Lipinski definition) is 0. The minimum atomic E-state index is -0.140. The molecule has 11 heavy (non-hydrogen) atoms. The Labute approximate surface area is 65.8 Å². The Balaban J connectivity index is 2.84. The Morgan fingerprint density at radius 3 is 2.73 bits per heavy atom. The quantitative estimate of drug-likeness (QED) is 0.566. The molecule has 0 aromatic heterocycles. The fourth-order valence-electron chi connectivity index (χ4n) is 0.824. The monoisotopic (exact) mass is 153 g/mol. The summed E-state index contributed by atoms with van der Waals surface area (Å²) < 4.78 is 5.23. The van der Waals surface area contributed by atoms with Crippen LogP contribution in [0.2, 0.25) is 0 Å². The molecule has 3 nitrogen and oxygen atoms in total. The van der Waals surface area contributed by atoms with E-state index >= 15 is 0 Å². The summed E-state index contributed by atoms with van der Waals surface area (Å²) in [6.45, 7) is 7.12. The van der Waals surface area contributed by atoms with E-state index in [1.165, 1.54) is 6.08 Å². The molecule has 0 bridgehead atoms. The minimum absolute atomic E-state index is 0.0898. The lowest BCUT2D eigenvalue weighted by Gasteiger charge is -2.22. The van der Waals surface area contributed by atoms with Gasteiger partial charge in [0, 0.05) is 0 Å². The standard InChI is InChI=1S/C8H11NO2/c1-4-7-9-8(10)5(2)6(3)11-7/h4-6H,1H2,2-3H3. The number of rotatable bonds is 1. The summed E-state index contributed by atoms with van der Waals surface area (Å²) in [7, 11) is 0. The van der Waals surface area contributed by atoms with Crippen molar-refractivity contribution in [1.82, 2.24) is 0 Å². The molecule has 0 saturated heterocycles. The van der Waals surface area contributed by atoms with Crippen LogP contribution in [0.15, 0.2) is 17.6 Å². The molecule has 1 heterocycles. The van der Waals surface area contributed by atoms with Crippen molar-refractivity contribution < 1.29 is 9.53 Å². The molecule has 1 amide bonds. The van der Waals surface area contributed by atoms with Gasteiger partial charge < -0.3 is 4.74 Å². The highest BCUT2D eigenvalue weighted by molar-refractivity contribution is 5.99. The van der Waals surface area contributed by atoms with Crippen LogP contribution in [-0.2, 0) is 9.53 Å². The molecule has 0 aromatic carbocycles. The van der Waals surface area contributed by atoms with Crippen LogP contribution < -0.4 is 0 Å². The molecule has 0 aliphatic carbocycles. The zero-order valence-electron chi connectivity index (χ0n) is 6.70. The number of nitrogens with zero attached hydrogens (tertiary/aromatic N) is 1. The first kappa shape index (κ1) is 7.98. The molecule has 0 aromatic rings. The van der Waals surface area contributed by atoms with Crippen LogP contribution in [0.5, 0.6) is 0 Å². The zero-order chi connectivity index (χ0) is 8.43. The second-order valence-electron chi connectivity index (χ2n) is 2.60. The highest BCUT2D eigenvalue weighted by Gasteiger charge is 2.26. The summed E-state index contributed by atoms with van der Waals surface area (Å²) in [5, 5.41) is 0. The summed E-state index contributed by atoms with van der Waals surface area (Å²) in [5.74, 6) is 0.0675. The smallest absolute Gasteiger partial charge is 0.255 e. The Kier molecular flexibility index (Phi) is 2.08. The topological polar surface area (TPSA) is 38.7 Å². The Morgan fingerprint density at radius 1 is 1.64 bits per heavy atom. The molecule has 0 fully saturated rings. The Bertz CT molecular complexity index is 220. The lowest BCUT2D eigenvalue weighted by molar-refractivity contribution is -0.125. The van der Waals surface area contributed by atoms with Gasteiger partial charge in [-0.3, -0.25) is 4.79 Å². The molecular weight excluding hydrogens is 142 g/mol. The molecule has 0 N–H and O–H groups in total. The SMILES string of the molecule is C=CC1=NC(=O)C(C)C(C)O1. The second kappa shape index (κ2) is 2.86. The third-order valence-electron chi connectivity index (χ3n) is 1.80. The maximum atomic E-state index is 11.1. The second-order valence-corrected chi connectivity index (χ2v) is 2.60. The number of ether oxygens (including phenoxy) is 1. The Hall–Kier alpha value is -1.12. The van der Waals surface area contributed by atoms with E-state index in [4.69, 9.17) is 4.74 Å². The van der Waals surface area contributed by atoms with Crippen molar-refractivity contribution in [2.45, 2.75) is 20.0 Å². The van der Waals surface area contributed by atoms with Gasteiger partial charge in [-0.1, -0.05) is 6.58 Å². The van der Waals surface area contributed by atoms with Gasteiger partial charge in [0.15, 0.2) is 0 Å². The van der Waals surface area contributed by atoms with Gasteiger partial charge in [0.1, 0.15) is 6.10 Å². The van der Waals surface area contributed by atoms with Crippen molar-refractivity contribution in [3.63, 3.8) is 0 Å². The highest BCUT2D eigenvalue weighted by Crippen LogP contribution is 2.14. The van der Waals surface area contributed by atoms with Crippen LogP contribution in [0.3, 0.4) is 0 Å². The third kappa shape index (κ3) is 1.48. The van der Waals surface area contributed by atoms with E-state index in [0.29, 0.717) is 5.90 Å². The van der Waals surface area contributed by atoms with Crippen molar-refractivity contribution in [2.75, 3.05) is 0 Å². The van der Waals surface area contributed by atoms with Crippen molar-refractivity contribution in [3.8, 4) is 0 Å². The molecule has 0 spiro atoms. The number of aliphatic imine (C=N–C) groups is 1. The van der Waals surface area contributed by atoms with Gasteiger partial charge in [-0.2, -0.15) is 4.99 Å². The van der Waals surface area contributed by atoms with Gasteiger partial charge in [0.25, 0.3) is 5.91 Å². The van der Waals surface area contributed by atoms with Gasteiger partial charge in [-0.05, 0) is 19.9 Å². The van der Waals surface area contributed by atoms with Gasteiger partial charge >= 0.3 is 0 Å². The van der Waals surface area contributed by atoms with E-state index in [0.717, 1.165) is 0 Å². The normalized spacial score (nSPS) is 30.7. The molecule has 2 atom stereocenters. The van der Waals surface area contributed by atoms with E-state index in [1.54, 1.807) is 6.92 Å². The molecule has 0 radical (unpaired) electrons. The molecule has 3 heteroatoms. The van der Waals surface area contributed by atoms with Crippen LogP contribution in [-0.4, -0.2) is 17.9 Å². The summed E-state index contributed by atoms with van der Waals surface area (Å²) in [5.41, 5.74) is 0. The average molecular weight is 153 g/mol. The van der Waals surface area contributed by atoms with Crippen LogP contribution in [0, 0.1) is 5.92 Å². The number of carbonyl (C=O) groups excluding carboxylic acids is 1. The van der Waals surface area contributed by atoms with Crippen molar-refractivity contribution in [2.24, 2.45) is 10.9 Å². The first-order valence-electron chi connectivity index (χ1n) is 3.56. The molecule has 0 saturated carbocycles. The molecular formula is C8H11NO2. The number of amides is 1. The predicted octanol–water partition coefficient (Wildman–Crippen LogP) is 1.15. The summed E-state index contributed by atoms with van der Waals surface area (Å²) >= 11 is 0. The lowest BCUT2D eigenvalue weighted by Crippen LogP contribution is -2.32. The molecule has 1 rings (SSSR count). The molecule has 2 unspecified atom stereocenters. The first-order valence-corrected chi connectivity index (χ1v) is 3.56. The summed E-state index contributed by atoms with van der Waals surface area (Å²) in [4.78, 5) is 14.7. The van der Waals surface area contributed by atoms with Crippen LogP contribution >= 0.6 is 0 Å². The largest absolute Gasteiger partial charge is 0.474 e. The molecule has 60 valence electrons. The van der Waals surface area contributed by atoms with Crippen LogP contribution in [0.4, 0.5) is 0 Å². The van der Waals surface area contributed by atoms with Crippen molar-refractivity contribution >= 4 is 11.8 Å². The van der Waals surface area contributed by atoms with E-state index < -0.39 is 0 Å². The zero-order valence-corrected chi connectivity index (χ0v) is 6.70. The van der Waals surface area contributed by atoms with E-state index in [1.807, 2.05) is 6.92 Å². The summed E-state index contributed by atoms with van der Waals surface area (Å²) in [6.07, 6.45) is 1.35. The van der Waals surface area contributed by atoms with E-state index in [2.05, 4.69) is 11.6 Å². The summed E-state index contributed by atoms with van der Waals surface area (Å²) in [6, 6.07) is 0. The maximum absolute atomic E-state index is 11.1. The first-order chi connectivity index (χ1) is 5.15. The van der Waals surface area contributed by atoms with Gasteiger partial charge in [-0.25, -0.2) is 0 Å². The fourth-order valence-corrected chi connectivity index (χ4v) is 0.824.